The lowest BCUT2D eigenvalue weighted by molar-refractivity contribution is 0.0468. The Kier molecular flexibility index (Phi) is 4.55. The van der Waals surface area contributed by atoms with Crippen molar-refractivity contribution in [2.45, 2.75) is 58.6 Å². The van der Waals surface area contributed by atoms with E-state index in [1.807, 2.05) is 0 Å². The highest BCUT2D eigenvalue weighted by molar-refractivity contribution is 7.20. The lowest BCUT2D eigenvalue weighted by atomic mass is 9.97. The van der Waals surface area contributed by atoms with Crippen LogP contribution in [-0.2, 0) is 37.2 Å². The third kappa shape index (κ3) is 2.96. The van der Waals surface area contributed by atoms with Crippen molar-refractivity contribution in [1.29, 1.82) is 0 Å². The van der Waals surface area contributed by atoms with Gasteiger partial charge in [0.25, 0.3) is 5.56 Å². The topological polar surface area (TPSA) is 113 Å². The van der Waals surface area contributed by atoms with Gasteiger partial charge in [0.05, 0.1) is 10.8 Å². The number of carbonyl (C=O) groups excluding carboxylic acids is 1. The Morgan fingerprint density at radius 2 is 1.88 bits per heavy atom. The molecule has 0 fully saturated rings. The molecule has 10 heteroatoms. The fourth-order valence-electron chi connectivity index (χ4n) is 4.76. The minimum atomic E-state index is -0.497. The van der Waals surface area contributed by atoms with Crippen molar-refractivity contribution in [3.8, 4) is 0 Å². The van der Waals surface area contributed by atoms with E-state index in [2.05, 4.69) is 15.0 Å². The summed E-state index contributed by atoms with van der Waals surface area (Å²) in [5.41, 5.74) is 8.09. The monoisotopic (exact) mass is 467 g/mol. The molecule has 5 heterocycles. The molecule has 0 bridgehead atoms. The first-order valence-electron chi connectivity index (χ1n) is 10.8. The number of rotatable bonds is 3. The number of thiophene rings is 2. The molecule has 0 unspecified atom stereocenters. The highest BCUT2D eigenvalue weighted by Crippen LogP contribution is 2.37. The summed E-state index contributed by atoms with van der Waals surface area (Å²) in [7, 11) is 0. The molecule has 0 saturated carbocycles. The Balaban J connectivity index is 1.29. The molecule has 6 rings (SSSR count). The normalized spacial score (nSPS) is 15.3. The number of esters is 1. The maximum absolute atomic E-state index is 12.8. The van der Waals surface area contributed by atoms with Gasteiger partial charge >= 0.3 is 5.97 Å². The summed E-state index contributed by atoms with van der Waals surface area (Å²) in [6, 6.07) is 0. The van der Waals surface area contributed by atoms with Crippen molar-refractivity contribution >= 4 is 54.9 Å². The molecule has 4 aromatic heterocycles. The zero-order chi connectivity index (χ0) is 22.0. The van der Waals surface area contributed by atoms with Crippen LogP contribution in [0.4, 0.5) is 5.82 Å². The largest absolute Gasteiger partial charge is 0.453 e. The van der Waals surface area contributed by atoms with Crippen LogP contribution in [0.1, 0.15) is 56.6 Å². The summed E-state index contributed by atoms with van der Waals surface area (Å²) in [5, 5.41) is 1.47. The average molecular weight is 468 g/mol. The molecule has 0 amide bonds. The third-order valence-corrected chi connectivity index (χ3v) is 8.67. The molecule has 2 aliphatic rings. The van der Waals surface area contributed by atoms with Crippen molar-refractivity contribution in [2.24, 2.45) is 0 Å². The van der Waals surface area contributed by atoms with Crippen molar-refractivity contribution in [3.05, 3.63) is 42.9 Å². The Morgan fingerprint density at radius 1 is 1.06 bits per heavy atom. The van der Waals surface area contributed by atoms with E-state index in [-0.39, 0.29) is 12.2 Å². The second-order valence-electron chi connectivity index (χ2n) is 8.32. The fourth-order valence-corrected chi connectivity index (χ4v) is 7.13. The van der Waals surface area contributed by atoms with Gasteiger partial charge in [-0.1, -0.05) is 0 Å². The molecule has 0 radical (unpaired) electrons. The minimum absolute atomic E-state index is 0.0708. The van der Waals surface area contributed by atoms with Gasteiger partial charge in [0.2, 0.25) is 0 Å². The Morgan fingerprint density at radius 3 is 2.75 bits per heavy atom. The predicted molar refractivity (Wildman–Crippen MR) is 125 cm³/mol. The lowest BCUT2D eigenvalue weighted by Gasteiger charge is -2.10. The van der Waals surface area contributed by atoms with Crippen LogP contribution in [0.3, 0.4) is 0 Å². The number of carbonyl (C=O) groups is 1. The number of fused-ring (bicyclic) bond motifs is 5. The Labute approximate surface area is 191 Å². The van der Waals surface area contributed by atoms with Gasteiger partial charge in [-0.05, 0) is 50.2 Å². The quantitative estimate of drug-likeness (QED) is 0.459. The van der Waals surface area contributed by atoms with E-state index < -0.39 is 5.97 Å². The van der Waals surface area contributed by atoms with Crippen LogP contribution in [-0.4, -0.2) is 25.5 Å². The van der Waals surface area contributed by atoms with E-state index in [1.54, 1.807) is 22.8 Å². The van der Waals surface area contributed by atoms with E-state index in [9.17, 15) is 9.59 Å². The molecule has 0 saturated heterocycles. The number of ether oxygens (including phenoxy) is 1. The van der Waals surface area contributed by atoms with Gasteiger partial charge in [0.15, 0.2) is 12.4 Å². The lowest BCUT2D eigenvalue weighted by Crippen LogP contribution is -2.20. The standard InChI is InChI=1S/C22H21N5O3S2/c1-10-15-19(26-14-7-4-8-27(14)21(15)28)32-17(10)22(29)30-9-13-24-18(23)16-11-5-2-3-6-12(11)31-20(16)25-13/h2-9H2,1H3,(H2,23,24,25). The number of nitrogens with zero attached hydrogens (tertiary/aromatic N) is 4. The molecular formula is C22H21N5O3S2. The van der Waals surface area contributed by atoms with Gasteiger partial charge in [-0.3, -0.25) is 9.36 Å². The first-order valence-corrected chi connectivity index (χ1v) is 12.4. The number of hydrogen-bond acceptors (Lipinski definition) is 9. The van der Waals surface area contributed by atoms with E-state index in [4.69, 9.17) is 10.5 Å². The Bertz CT molecular complexity index is 1480. The van der Waals surface area contributed by atoms with Crippen LogP contribution >= 0.6 is 22.7 Å². The molecular weight excluding hydrogens is 446 g/mol. The second kappa shape index (κ2) is 7.35. The maximum atomic E-state index is 12.8. The molecule has 0 aromatic carbocycles. The molecule has 4 aromatic rings. The summed E-state index contributed by atoms with van der Waals surface area (Å²) in [6.45, 7) is 2.38. The van der Waals surface area contributed by atoms with Gasteiger partial charge in [0, 0.05) is 17.8 Å². The molecule has 0 atom stereocenters. The first-order chi connectivity index (χ1) is 15.5. The van der Waals surface area contributed by atoms with Crippen molar-refractivity contribution in [2.75, 3.05) is 5.73 Å². The summed E-state index contributed by atoms with van der Waals surface area (Å²) in [5.74, 6) is 1.13. The summed E-state index contributed by atoms with van der Waals surface area (Å²) in [4.78, 5) is 42.5. The summed E-state index contributed by atoms with van der Waals surface area (Å²) >= 11 is 2.87. The molecule has 164 valence electrons. The highest BCUT2D eigenvalue weighted by Gasteiger charge is 2.25. The number of nitrogen functional groups attached to an aromatic ring is 1. The maximum Gasteiger partial charge on any atom is 0.349 e. The molecule has 2 N–H and O–H groups in total. The van der Waals surface area contributed by atoms with Crippen LogP contribution < -0.4 is 11.3 Å². The van der Waals surface area contributed by atoms with Crippen LogP contribution in [0.15, 0.2) is 4.79 Å². The fraction of sp³-hybridized carbons (Fsp3) is 0.409. The van der Waals surface area contributed by atoms with Crippen LogP contribution in [0.25, 0.3) is 20.4 Å². The van der Waals surface area contributed by atoms with Gasteiger partial charge < -0.3 is 10.5 Å². The zero-order valence-corrected chi connectivity index (χ0v) is 19.2. The van der Waals surface area contributed by atoms with Crippen molar-refractivity contribution < 1.29 is 9.53 Å². The Hall–Kier alpha value is -2.85. The second-order valence-corrected chi connectivity index (χ2v) is 10.4. The van der Waals surface area contributed by atoms with E-state index >= 15 is 0 Å². The number of hydrogen-bond donors (Lipinski definition) is 1. The summed E-state index contributed by atoms with van der Waals surface area (Å²) < 4.78 is 7.24. The van der Waals surface area contributed by atoms with Crippen LogP contribution in [0.2, 0.25) is 0 Å². The SMILES string of the molecule is Cc1c(C(=O)OCc2nc(N)c3c4c(sc3n2)CCCC4)sc2nc3n(c(=O)c12)CCC3. The molecule has 0 spiro atoms. The number of aryl methyl sites for hydroxylation is 4. The molecule has 8 nitrogen and oxygen atoms in total. The van der Waals surface area contributed by atoms with Gasteiger partial charge in [-0.2, -0.15) is 0 Å². The van der Waals surface area contributed by atoms with Crippen molar-refractivity contribution in [1.82, 2.24) is 19.5 Å². The highest BCUT2D eigenvalue weighted by atomic mass is 32.1. The first kappa shape index (κ1) is 19.8. The van der Waals surface area contributed by atoms with Gasteiger partial charge in [0.1, 0.15) is 26.2 Å². The van der Waals surface area contributed by atoms with Crippen molar-refractivity contribution in [3.63, 3.8) is 0 Å². The molecule has 1 aliphatic heterocycles. The average Bonchev–Trinajstić information content (AvgIpc) is 3.47. The third-order valence-electron chi connectivity index (χ3n) is 6.32. The minimum Gasteiger partial charge on any atom is -0.453 e. The zero-order valence-electron chi connectivity index (χ0n) is 17.6. The molecule has 32 heavy (non-hydrogen) atoms. The molecule has 1 aliphatic carbocycles. The number of anilines is 1. The van der Waals surface area contributed by atoms with Crippen LogP contribution in [0.5, 0.6) is 0 Å². The predicted octanol–water partition coefficient (Wildman–Crippen LogP) is 3.54. The number of aromatic nitrogens is 4. The van der Waals surface area contributed by atoms with E-state index in [0.717, 1.165) is 48.1 Å². The van der Waals surface area contributed by atoms with E-state index in [0.29, 0.717) is 38.8 Å². The van der Waals surface area contributed by atoms with Gasteiger partial charge in [-0.25, -0.2) is 19.7 Å². The summed E-state index contributed by atoms with van der Waals surface area (Å²) in [6.07, 6.45) is 6.13. The van der Waals surface area contributed by atoms with Crippen LogP contribution in [0, 0.1) is 6.92 Å². The smallest absolute Gasteiger partial charge is 0.349 e. The number of nitrogens with two attached hydrogens (primary N) is 1. The van der Waals surface area contributed by atoms with E-state index in [1.165, 1.54) is 28.2 Å². The van der Waals surface area contributed by atoms with Gasteiger partial charge in [-0.15, -0.1) is 22.7 Å².